The molecule has 8 nitrogen and oxygen atoms in total. The second kappa shape index (κ2) is 13.0. The number of rotatable bonds is 5. The molecule has 0 radical (unpaired) electrons. The van der Waals surface area contributed by atoms with E-state index < -0.39 is 22.2 Å². The van der Waals surface area contributed by atoms with E-state index in [-0.39, 0.29) is 54.1 Å². The summed E-state index contributed by atoms with van der Waals surface area (Å²) in [6, 6.07) is 9.75. The number of likely N-dealkylation sites (N-methyl/N-ethyl adjacent to an activating group) is 1. The first-order chi connectivity index (χ1) is 19.1. The molecule has 2 aromatic carbocycles. The third kappa shape index (κ3) is 7.14. The summed E-state index contributed by atoms with van der Waals surface area (Å²) in [4.78, 5) is 14.6. The van der Waals surface area contributed by atoms with Crippen LogP contribution in [-0.2, 0) is 10.0 Å². The summed E-state index contributed by atoms with van der Waals surface area (Å²) in [5.74, 6) is 5.44. The molecule has 2 aromatic rings. The van der Waals surface area contributed by atoms with Gasteiger partial charge in [0.05, 0.1) is 13.2 Å². The van der Waals surface area contributed by atoms with Crippen LogP contribution >= 0.6 is 0 Å². The Kier molecular flexibility index (Phi) is 9.72. The lowest BCUT2D eigenvalue weighted by atomic mass is 9.96. The number of sulfonamides is 1. The number of ether oxygens (including phenoxy) is 1. The van der Waals surface area contributed by atoms with Crippen molar-refractivity contribution >= 4 is 16.1 Å². The van der Waals surface area contributed by atoms with E-state index in [0.717, 1.165) is 25.7 Å². The molecule has 2 aliphatic rings. The van der Waals surface area contributed by atoms with Crippen LogP contribution in [0.5, 0.6) is 5.75 Å². The van der Waals surface area contributed by atoms with Crippen LogP contribution in [0.1, 0.15) is 57.1 Å². The second-order valence-corrected chi connectivity index (χ2v) is 12.7. The highest BCUT2D eigenvalue weighted by molar-refractivity contribution is 7.89. The number of benzene rings is 2. The number of amides is 2. The van der Waals surface area contributed by atoms with E-state index >= 15 is 0 Å². The molecule has 0 unspecified atom stereocenters. The van der Waals surface area contributed by atoms with Gasteiger partial charge in [-0.3, -0.25) is 0 Å². The van der Waals surface area contributed by atoms with Gasteiger partial charge in [-0.15, -0.1) is 0 Å². The molecule has 2 N–H and O–H groups in total. The van der Waals surface area contributed by atoms with Gasteiger partial charge in [-0.05, 0) is 62.2 Å². The molecule has 1 saturated carbocycles. The zero-order valence-corrected chi connectivity index (χ0v) is 24.1. The molecule has 3 atom stereocenters. The zero-order valence-electron chi connectivity index (χ0n) is 23.3. The highest BCUT2D eigenvalue weighted by atomic mass is 32.2. The van der Waals surface area contributed by atoms with Crippen LogP contribution in [0.2, 0.25) is 0 Å². The van der Waals surface area contributed by atoms with Crippen molar-refractivity contribution in [2.75, 3.05) is 26.7 Å². The Bertz CT molecular complexity index is 1350. The van der Waals surface area contributed by atoms with Crippen molar-refractivity contribution in [3.63, 3.8) is 0 Å². The third-order valence-corrected chi connectivity index (χ3v) is 9.62. The van der Waals surface area contributed by atoms with E-state index in [1.807, 2.05) is 6.92 Å². The maximum absolute atomic E-state index is 13.7. The van der Waals surface area contributed by atoms with Gasteiger partial charge in [0, 0.05) is 42.7 Å². The summed E-state index contributed by atoms with van der Waals surface area (Å²) >= 11 is 0. The first kappa shape index (κ1) is 29.8. The molecule has 40 heavy (non-hydrogen) atoms. The van der Waals surface area contributed by atoms with Gasteiger partial charge < -0.3 is 20.1 Å². The molecule has 1 fully saturated rings. The van der Waals surface area contributed by atoms with Crippen molar-refractivity contribution < 1.29 is 27.4 Å². The van der Waals surface area contributed by atoms with E-state index in [1.54, 1.807) is 43.1 Å². The number of fused-ring (bicyclic) bond motifs is 1. The molecule has 0 aromatic heterocycles. The van der Waals surface area contributed by atoms with E-state index in [0.29, 0.717) is 11.1 Å². The van der Waals surface area contributed by atoms with Crippen molar-refractivity contribution in [2.45, 2.75) is 69.0 Å². The summed E-state index contributed by atoms with van der Waals surface area (Å²) in [6.45, 7) is 3.57. The maximum atomic E-state index is 13.7. The number of carbonyl (C=O) groups is 1. The Morgan fingerprint density at radius 2 is 1.80 bits per heavy atom. The van der Waals surface area contributed by atoms with Crippen molar-refractivity contribution in [2.24, 2.45) is 5.92 Å². The van der Waals surface area contributed by atoms with Crippen molar-refractivity contribution in [1.29, 1.82) is 0 Å². The Hall–Kier alpha value is -3.13. The van der Waals surface area contributed by atoms with E-state index in [9.17, 15) is 22.7 Å². The fraction of sp³-hybridized carbons (Fsp3) is 0.500. The van der Waals surface area contributed by atoms with E-state index in [4.69, 9.17) is 4.74 Å². The summed E-state index contributed by atoms with van der Waals surface area (Å²) in [5, 5.41) is 13.0. The molecule has 0 bridgehead atoms. The number of aliphatic hydroxyl groups is 1. The van der Waals surface area contributed by atoms with Gasteiger partial charge >= 0.3 is 6.03 Å². The van der Waals surface area contributed by atoms with Crippen molar-refractivity contribution in [3.8, 4) is 17.6 Å². The highest BCUT2D eigenvalue weighted by Gasteiger charge is 2.38. The fourth-order valence-corrected chi connectivity index (χ4v) is 6.91. The van der Waals surface area contributed by atoms with Crippen molar-refractivity contribution in [1.82, 2.24) is 14.5 Å². The van der Waals surface area contributed by atoms with Crippen molar-refractivity contribution in [3.05, 3.63) is 59.4 Å². The average molecular weight is 572 g/mol. The minimum Gasteiger partial charge on any atom is -0.487 e. The average Bonchev–Trinajstić information content (AvgIpc) is 2.94. The van der Waals surface area contributed by atoms with Gasteiger partial charge in [0.15, 0.2) is 0 Å². The molecule has 0 saturated heterocycles. The monoisotopic (exact) mass is 571 g/mol. The van der Waals surface area contributed by atoms with Gasteiger partial charge in [-0.25, -0.2) is 17.6 Å². The van der Waals surface area contributed by atoms with Gasteiger partial charge in [0.2, 0.25) is 10.0 Å². The van der Waals surface area contributed by atoms with Crippen LogP contribution < -0.4 is 10.1 Å². The number of halogens is 1. The number of nitrogens with zero attached hydrogens (tertiary/aromatic N) is 2. The minimum atomic E-state index is -4.00. The minimum absolute atomic E-state index is 0.0219. The van der Waals surface area contributed by atoms with Crippen LogP contribution in [0.15, 0.2) is 47.4 Å². The molecule has 4 rings (SSSR count). The molecule has 1 heterocycles. The lowest BCUT2D eigenvalue weighted by Gasteiger charge is -2.37. The smallest absolute Gasteiger partial charge is 0.317 e. The second-order valence-electron chi connectivity index (χ2n) is 10.8. The summed E-state index contributed by atoms with van der Waals surface area (Å²) in [6.07, 6.45) is 4.82. The van der Waals surface area contributed by atoms with Gasteiger partial charge in [0.25, 0.3) is 0 Å². The van der Waals surface area contributed by atoms with Gasteiger partial charge in [-0.2, -0.15) is 4.31 Å². The Labute approximate surface area is 236 Å². The molecule has 1 aliphatic heterocycles. The topological polar surface area (TPSA) is 99.2 Å². The number of hydrogen-bond donors (Lipinski definition) is 2. The van der Waals surface area contributed by atoms with Gasteiger partial charge in [-0.1, -0.05) is 38.0 Å². The molecular weight excluding hydrogens is 533 g/mol. The van der Waals surface area contributed by atoms with Crippen LogP contribution in [0.4, 0.5) is 9.18 Å². The lowest BCUT2D eigenvalue weighted by molar-refractivity contribution is 0.0806. The SMILES string of the molecule is C[C@@H]1CN([C@H](C)CO)S(=O)(=O)c2ccc(C#Cc3ccc(F)cc3)cc2O[C@@H]1CN(C)C(=O)NC1CCCCC1. The number of nitrogens with one attached hydrogen (secondary N) is 1. The Morgan fingerprint density at radius 1 is 1.15 bits per heavy atom. The van der Waals surface area contributed by atoms with E-state index in [1.165, 1.54) is 28.9 Å². The first-order valence-electron chi connectivity index (χ1n) is 13.8. The fourth-order valence-electron chi connectivity index (χ4n) is 5.08. The molecule has 216 valence electrons. The molecule has 0 spiro atoms. The first-order valence-corrected chi connectivity index (χ1v) is 15.2. The molecule has 10 heteroatoms. The Balaban J connectivity index is 1.64. The van der Waals surface area contributed by atoms with Crippen LogP contribution in [0, 0.1) is 23.6 Å². The summed E-state index contributed by atoms with van der Waals surface area (Å²) < 4.78 is 48.3. The Morgan fingerprint density at radius 3 is 2.48 bits per heavy atom. The van der Waals surface area contributed by atoms with Crippen LogP contribution in [0.25, 0.3) is 0 Å². The third-order valence-electron chi connectivity index (χ3n) is 7.60. The normalized spacial score (nSPS) is 21.9. The number of aliphatic hydroxyl groups excluding tert-OH is 1. The van der Waals surface area contributed by atoms with Crippen LogP contribution in [0.3, 0.4) is 0 Å². The maximum Gasteiger partial charge on any atom is 0.317 e. The number of hydrogen-bond acceptors (Lipinski definition) is 5. The number of carbonyl (C=O) groups excluding carboxylic acids is 1. The summed E-state index contributed by atoms with van der Waals surface area (Å²) in [5.41, 5.74) is 1.14. The number of urea groups is 1. The van der Waals surface area contributed by atoms with Crippen LogP contribution in [-0.4, -0.2) is 73.7 Å². The highest BCUT2D eigenvalue weighted by Crippen LogP contribution is 2.34. The predicted molar refractivity (Wildman–Crippen MR) is 151 cm³/mol. The van der Waals surface area contributed by atoms with Gasteiger partial charge in [0.1, 0.15) is 22.6 Å². The summed E-state index contributed by atoms with van der Waals surface area (Å²) in [7, 11) is -2.29. The molecule has 1 aliphatic carbocycles. The standard InChI is InChI=1S/C30H38FN3O5S/c1-21-18-34(22(2)20-35)40(37,38)29-16-13-24(10-9-23-11-14-25(31)15-12-23)17-27(29)39-28(21)19-33(3)30(36)32-26-7-5-4-6-8-26/h11-17,21-22,26,28,35H,4-8,18-20H2,1-3H3,(H,32,36)/t21-,22-,28-/m1/s1. The zero-order chi connectivity index (χ0) is 28.9. The largest absolute Gasteiger partial charge is 0.487 e. The quantitative estimate of drug-likeness (QED) is 0.530. The molecular formula is C30H38FN3O5S. The van der Waals surface area contributed by atoms with E-state index in [2.05, 4.69) is 17.2 Å². The predicted octanol–water partition coefficient (Wildman–Crippen LogP) is 3.97. The molecule has 2 amide bonds. The lowest BCUT2D eigenvalue weighted by Crippen LogP contribution is -2.52.